The molecule has 0 aliphatic rings. The monoisotopic (exact) mass is 577 g/mol. The van der Waals surface area contributed by atoms with Crippen molar-refractivity contribution in [2.75, 3.05) is 32.5 Å². The second kappa shape index (κ2) is 12.3. The van der Waals surface area contributed by atoms with E-state index in [1.807, 2.05) is 36.4 Å². The molecule has 2 aromatic heterocycles. The Balaban J connectivity index is 1.73. The van der Waals surface area contributed by atoms with Gasteiger partial charge in [0.1, 0.15) is 24.8 Å². The summed E-state index contributed by atoms with van der Waals surface area (Å²) in [5, 5.41) is 4.33. The molecule has 4 rings (SSSR count). The van der Waals surface area contributed by atoms with E-state index in [0.29, 0.717) is 36.0 Å². The number of aromatic nitrogens is 4. The number of hydrogen-bond donors (Lipinski definition) is 0. The minimum absolute atomic E-state index is 0.0339. The standard InChI is InChI=1S/C30H39N5O5Si/c1-9-39-29(36)19-34-18-21(16-32-34)28-17-31-26-11-10-22(14-27(26)33-28)35(20-40-41(7,8)30(2,3)4)23-12-24(37-5)15-25(13-23)38-6/h10-18H,9,19-20H2,1-8H3. The molecule has 10 nitrogen and oxygen atoms in total. The van der Waals surface area contributed by atoms with Crippen molar-refractivity contribution in [3.63, 3.8) is 0 Å². The highest BCUT2D eigenvalue weighted by atomic mass is 28.4. The van der Waals surface area contributed by atoms with Crippen LogP contribution < -0.4 is 14.4 Å². The molecule has 0 spiro atoms. The van der Waals surface area contributed by atoms with E-state index in [9.17, 15) is 4.79 Å². The predicted molar refractivity (Wildman–Crippen MR) is 162 cm³/mol. The lowest BCUT2D eigenvalue weighted by molar-refractivity contribution is -0.144. The maximum Gasteiger partial charge on any atom is 0.327 e. The predicted octanol–water partition coefficient (Wildman–Crippen LogP) is 6.19. The molecule has 0 fully saturated rings. The first kappa shape index (κ1) is 30.0. The summed E-state index contributed by atoms with van der Waals surface area (Å²) < 4.78 is 24.3. The molecule has 0 aliphatic carbocycles. The molecule has 0 aliphatic heterocycles. The Hall–Kier alpha value is -3.96. The lowest BCUT2D eigenvalue weighted by Crippen LogP contribution is -2.43. The lowest BCUT2D eigenvalue weighted by Gasteiger charge is -2.38. The van der Waals surface area contributed by atoms with Crippen LogP contribution in [0, 0.1) is 0 Å². The first-order valence-corrected chi connectivity index (χ1v) is 16.4. The Morgan fingerprint density at radius 2 is 1.68 bits per heavy atom. The van der Waals surface area contributed by atoms with Crippen LogP contribution in [0.25, 0.3) is 22.3 Å². The number of carbonyl (C=O) groups excluding carboxylic acids is 1. The van der Waals surface area contributed by atoms with Gasteiger partial charge in [-0.3, -0.25) is 14.5 Å². The smallest absolute Gasteiger partial charge is 0.327 e. The van der Waals surface area contributed by atoms with Crippen molar-refractivity contribution in [1.82, 2.24) is 19.7 Å². The first-order valence-electron chi connectivity index (χ1n) is 13.5. The van der Waals surface area contributed by atoms with E-state index in [0.717, 1.165) is 22.5 Å². The van der Waals surface area contributed by atoms with Crippen LogP contribution in [0.2, 0.25) is 18.1 Å². The molecule has 0 saturated carbocycles. The number of carbonyl (C=O) groups is 1. The number of anilines is 2. The van der Waals surface area contributed by atoms with Gasteiger partial charge < -0.3 is 23.5 Å². The van der Waals surface area contributed by atoms with Crippen molar-refractivity contribution < 1.29 is 23.4 Å². The highest BCUT2D eigenvalue weighted by molar-refractivity contribution is 6.74. The molecule has 0 unspecified atom stereocenters. The molecule has 0 N–H and O–H groups in total. The van der Waals surface area contributed by atoms with Crippen molar-refractivity contribution in [3.8, 4) is 22.8 Å². The minimum atomic E-state index is -2.07. The minimum Gasteiger partial charge on any atom is -0.497 e. The quantitative estimate of drug-likeness (QED) is 0.117. The maximum absolute atomic E-state index is 11.9. The number of ether oxygens (including phenoxy) is 3. The average Bonchev–Trinajstić information content (AvgIpc) is 3.40. The van der Waals surface area contributed by atoms with Crippen LogP contribution in [0.1, 0.15) is 27.7 Å². The van der Waals surface area contributed by atoms with E-state index in [4.69, 9.17) is 23.6 Å². The van der Waals surface area contributed by atoms with E-state index < -0.39 is 8.32 Å². The third kappa shape index (κ3) is 7.03. The van der Waals surface area contributed by atoms with Crippen LogP contribution in [0.5, 0.6) is 11.5 Å². The van der Waals surface area contributed by atoms with Crippen molar-refractivity contribution in [2.45, 2.75) is 52.4 Å². The summed E-state index contributed by atoms with van der Waals surface area (Å²) >= 11 is 0. The summed E-state index contributed by atoms with van der Waals surface area (Å²) in [4.78, 5) is 23.5. The summed E-state index contributed by atoms with van der Waals surface area (Å²) in [6, 6.07) is 11.7. The molecule has 0 radical (unpaired) electrons. The molecule has 2 heterocycles. The van der Waals surface area contributed by atoms with E-state index >= 15 is 0 Å². The fraction of sp³-hybridized carbons (Fsp3) is 0.400. The molecular weight excluding hydrogens is 538 g/mol. The Kier molecular flexibility index (Phi) is 8.98. The molecule has 0 amide bonds. The van der Waals surface area contributed by atoms with Gasteiger partial charge >= 0.3 is 5.97 Å². The Labute approximate surface area is 242 Å². The zero-order valence-corrected chi connectivity index (χ0v) is 26.1. The van der Waals surface area contributed by atoms with Gasteiger partial charge in [-0.1, -0.05) is 20.8 Å². The Morgan fingerprint density at radius 1 is 0.976 bits per heavy atom. The number of hydrogen-bond acceptors (Lipinski definition) is 9. The molecule has 2 aromatic carbocycles. The molecular formula is C30H39N5O5Si. The van der Waals surface area contributed by atoms with Crippen LogP contribution >= 0.6 is 0 Å². The van der Waals surface area contributed by atoms with Crippen LogP contribution in [0.3, 0.4) is 0 Å². The molecule has 218 valence electrons. The Bertz CT molecular complexity index is 1490. The topological polar surface area (TPSA) is 101 Å². The van der Waals surface area contributed by atoms with Gasteiger partial charge in [-0.05, 0) is 43.3 Å². The van der Waals surface area contributed by atoms with Gasteiger partial charge in [0.25, 0.3) is 0 Å². The molecule has 41 heavy (non-hydrogen) atoms. The molecule has 0 atom stereocenters. The normalized spacial score (nSPS) is 11.9. The molecule has 4 aromatic rings. The molecule has 0 bridgehead atoms. The third-order valence-corrected chi connectivity index (χ3v) is 11.8. The van der Waals surface area contributed by atoms with E-state index in [1.165, 1.54) is 4.68 Å². The number of nitrogens with zero attached hydrogens (tertiary/aromatic N) is 5. The van der Waals surface area contributed by atoms with Crippen LogP contribution in [0.4, 0.5) is 11.4 Å². The fourth-order valence-corrected chi connectivity index (χ4v) is 4.80. The number of esters is 1. The van der Waals surface area contributed by atoms with Crippen molar-refractivity contribution in [3.05, 3.63) is 55.0 Å². The van der Waals surface area contributed by atoms with Crippen LogP contribution in [-0.2, 0) is 20.5 Å². The highest BCUT2D eigenvalue weighted by Gasteiger charge is 2.37. The summed E-state index contributed by atoms with van der Waals surface area (Å²) in [6.07, 6.45) is 5.14. The lowest BCUT2D eigenvalue weighted by atomic mass is 10.2. The van der Waals surface area contributed by atoms with Gasteiger partial charge in [0.15, 0.2) is 8.32 Å². The summed E-state index contributed by atoms with van der Waals surface area (Å²) in [5.74, 6) is 1.02. The fourth-order valence-electron chi connectivity index (χ4n) is 3.92. The molecule has 0 saturated heterocycles. The van der Waals surface area contributed by atoms with E-state index in [2.05, 4.69) is 48.8 Å². The largest absolute Gasteiger partial charge is 0.497 e. The summed E-state index contributed by atoms with van der Waals surface area (Å²) in [6.45, 7) is 13.6. The number of rotatable bonds is 11. The van der Waals surface area contributed by atoms with Gasteiger partial charge in [0.2, 0.25) is 0 Å². The van der Waals surface area contributed by atoms with Crippen molar-refractivity contribution >= 4 is 36.7 Å². The highest BCUT2D eigenvalue weighted by Crippen LogP contribution is 2.39. The SMILES string of the molecule is CCOC(=O)Cn1cc(-c2cnc3ccc(N(CO[Si](C)(C)C(C)(C)C)c4cc(OC)cc(OC)c4)cc3n2)cn1. The zero-order valence-electron chi connectivity index (χ0n) is 25.1. The third-order valence-electron chi connectivity index (χ3n) is 7.37. The number of benzene rings is 2. The van der Waals surface area contributed by atoms with Gasteiger partial charge in [-0.2, -0.15) is 5.10 Å². The average molecular weight is 578 g/mol. The number of fused-ring (bicyclic) bond motifs is 1. The van der Waals surface area contributed by atoms with Crippen molar-refractivity contribution in [1.29, 1.82) is 0 Å². The Morgan fingerprint density at radius 3 is 2.32 bits per heavy atom. The maximum atomic E-state index is 11.9. The second-order valence-electron chi connectivity index (χ2n) is 11.2. The van der Waals surface area contributed by atoms with Gasteiger partial charge in [-0.25, -0.2) is 4.98 Å². The van der Waals surface area contributed by atoms with Crippen LogP contribution in [0.15, 0.2) is 55.0 Å². The van der Waals surface area contributed by atoms with Gasteiger partial charge in [-0.15, -0.1) is 0 Å². The zero-order chi connectivity index (χ0) is 29.8. The molecule has 11 heteroatoms. The van der Waals surface area contributed by atoms with E-state index in [-0.39, 0.29) is 17.6 Å². The van der Waals surface area contributed by atoms with E-state index in [1.54, 1.807) is 39.7 Å². The number of methoxy groups -OCH3 is 2. The summed E-state index contributed by atoms with van der Waals surface area (Å²) in [7, 11) is 1.20. The van der Waals surface area contributed by atoms with Crippen molar-refractivity contribution in [2.24, 2.45) is 0 Å². The first-order chi connectivity index (χ1) is 19.4. The second-order valence-corrected chi connectivity index (χ2v) is 16.0. The van der Waals surface area contributed by atoms with Gasteiger partial charge in [0, 0.05) is 35.6 Å². The van der Waals surface area contributed by atoms with Gasteiger partial charge in [0.05, 0.1) is 55.6 Å². The summed E-state index contributed by atoms with van der Waals surface area (Å²) in [5.41, 5.74) is 4.62. The van der Waals surface area contributed by atoms with Crippen LogP contribution in [-0.4, -0.2) is 61.6 Å².